The molecule has 0 fully saturated rings. The smallest absolute Gasteiger partial charge is 0.252 e. The molecule has 0 atom stereocenters. The number of rotatable bonds is 3. The molecular weight excluding hydrogens is 471 g/mol. The maximum atomic E-state index is 3.96. The topological polar surface area (TPSA) is 8.17 Å². The SMILES string of the molecule is C=C/C=C\C1=C(C)C(C)(C)c2c1n1c3c4c(ccc23)N(c2ccccc2)c2ccccc2B4c2ccccc2-1. The molecule has 4 aromatic carbocycles. The zero-order chi connectivity index (χ0) is 26.5. The van der Waals surface area contributed by atoms with Gasteiger partial charge in [-0.15, -0.1) is 0 Å². The number of benzene rings is 4. The van der Waals surface area contributed by atoms with Gasteiger partial charge in [0.05, 0.1) is 11.2 Å². The first-order valence-corrected chi connectivity index (χ1v) is 13.8. The van der Waals surface area contributed by atoms with E-state index in [1.165, 1.54) is 72.4 Å². The van der Waals surface area contributed by atoms with Gasteiger partial charge in [-0.1, -0.05) is 105 Å². The van der Waals surface area contributed by atoms with Crippen molar-refractivity contribution in [3.05, 3.63) is 133 Å². The standard InChI is InChI=1S/C36H29BN2/c1-5-6-16-25-23(2)36(3,4)32-26-21-22-31-33-35(26)39(34(25)32)30-20-13-11-18-28(30)37(33)27-17-10-12-19-29(27)38(31)24-14-8-7-9-15-24/h5-22H,1H2,2-4H3/b16-6-. The maximum absolute atomic E-state index is 3.96. The third kappa shape index (κ3) is 2.72. The summed E-state index contributed by atoms with van der Waals surface area (Å²) in [6.07, 6.45) is 6.21. The summed E-state index contributed by atoms with van der Waals surface area (Å²) < 4.78 is 2.58. The van der Waals surface area contributed by atoms with Crippen LogP contribution in [0.3, 0.4) is 0 Å². The molecule has 3 heteroatoms. The Labute approximate surface area is 230 Å². The molecule has 1 aliphatic carbocycles. The summed E-state index contributed by atoms with van der Waals surface area (Å²) in [6.45, 7) is 11.2. The quantitative estimate of drug-likeness (QED) is 0.187. The van der Waals surface area contributed by atoms with Gasteiger partial charge in [-0.3, -0.25) is 0 Å². The summed E-state index contributed by atoms with van der Waals surface area (Å²) in [5.41, 5.74) is 15.9. The van der Waals surface area contributed by atoms with Crippen LogP contribution in [0.15, 0.2) is 121 Å². The van der Waals surface area contributed by atoms with Crippen molar-refractivity contribution < 1.29 is 0 Å². The van der Waals surface area contributed by atoms with Crippen molar-refractivity contribution in [2.45, 2.75) is 26.2 Å². The number of hydrogen-bond donors (Lipinski definition) is 0. The Morgan fingerprint density at radius 2 is 1.44 bits per heavy atom. The lowest BCUT2D eigenvalue weighted by atomic mass is 9.34. The van der Waals surface area contributed by atoms with Gasteiger partial charge < -0.3 is 9.47 Å². The van der Waals surface area contributed by atoms with E-state index in [0.717, 1.165) is 0 Å². The molecule has 5 aromatic rings. The van der Waals surface area contributed by atoms with Crippen molar-refractivity contribution >= 4 is 56.6 Å². The largest absolute Gasteiger partial charge is 0.311 e. The summed E-state index contributed by atoms with van der Waals surface area (Å²) in [4.78, 5) is 2.46. The summed E-state index contributed by atoms with van der Waals surface area (Å²) in [6, 6.07) is 33.5. The molecule has 0 saturated carbocycles. The highest BCUT2D eigenvalue weighted by Crippen LogP contribution is 2.53. The molecule has 2 nitrogen and oxygen atoms in total. The van der Waals surface area contributed by atoms with Gasteiger partial charge in [-0.25, -0.2) is 0 Å². The Morgan fingerprint density at radius 3 is 2.18 bits per heavy atom. The van der Waals surface area contributed by atoms with Crippen LogP contribution in [0.1, 0.15) is 32.0 Å². The van der Waals surface area contributed by atoms with Gasteiger partial charge in [-0.05, 0) is 64.8 Å². The van der Waals surface area contributed by atoms with E-state index in [1.807, 2.05) is 6.08 Å². The van der Waals surface area contributed by atoms with E-state index in [9.17, 15) is 0 Å². The normalized spacial score (nSPS) is 16.1. The molecule has 39 heavy (non-hydrogen) atoms. The average molecular weight is 500 g/mol. The molecule has 186 valence electrons. The van der Waals surface area contributed by atoms with E-state index < -0.39 is 0 Å². The zero-order valence-electron chi connectivity index (χ0n) is 22.6. The number of allylic oxidation sites excluding steroid dienone is 5. The number of hydrogen-bond acceptors (Lipinski definition) is 1. The lowest BCUT2D eigenvalue weighted by Crippen LogP contribution is -2.60. The van der Waals surface area contributed by atoms with Crippen molar-refractivity contribution in [1.82, 2.24) is 4.57 Å². The molecule has 0 N–H and O–H groups in total. The highest BCUT2D eigenvalue weighted by Gasteiger charge is 2.46. The minimum atomic E-state index is -0.0750. The Bertz CT molecular complexity index is 1920. The van der Waals surface area contributed by atoms with E-state index in [4.69, 9.17) is 0 Å². The molecule has 0 spiro atoms. The first-order valence-electron chi connectivity index (χ1n) is 13.8. The predicted octanol–water partition coefficient (Wildman–Crippen LogP) is 7.05. The van der Waals surface area contributed by atoms with Crippen LogP contribution in [0.4, 0.5) is 17.1 Å². The molecule has 0 radical (unpaired) electrons. The fourth-order valence-electron chi connectivity index (χ4n) is 7.40. The second-order valence-corrected chi connectivity index (χ2v) is 11.4. The fourth-order valence-corrected chi connectivity index (χ4v) is 7.40. The molecule has 0 unspecified atom stereocenters. The van der Waals surface area contributed by atoms with E-state index >= 15 is 0 Å². The van der Waals surface area contributed by atoms with Gasteiger partial charge in [0.2, 0.25) is 0 Å². The number of fused-ring (bicyclic) bond motifs is 8. The van der Waals surface area contributed by atoms with Crippen molar-refractivity contribution in [2.75, 3.05) is 4.90 Å². The summed E-state index contributed by atoms with van der Waals surface area (Å²) >= 11 is 0. The van der Waals surface area contributed by atoms with Gasteiger partial charge in [0.25, 0.3) is 6.71 Å². The Hall–Kier alpha value is -4.50. The maximum Gasteiger partial charge on any atom is 0.252 e. The second-order valence-electron chi connectivity index (χ2n) is 11.4. The van der Waals surface area contributed by atoms with Crippen LogP contribution in [0, 0.1) is 0 Å². The first-order chi connectivity index (χ1) is 19.0. The van der Waals surface area contributed by atoms with E-state index in [2.05, 4.69) is 140 Å². The van der Waals surface area contributed by atoms with Gasteiger partial charge in [0.1, 0.15) is 0 Å². The minimum absolute atomic E-state index is 0.0750. The molecule has 3 heterocycles. The molecular formula is C36H29BN2. The van der Waals surface area contributed by atoms with E-state index in [-0.39, 0.29) is 12.1 Å². The van der Waals surface area contributed by atoms with Crippen LogP contribution in [-0.2, 0) is 5.41 Å². The number of para-hydroxylation sites is 3. The number of anilines is 3. The van der Waals surface area contributed by atoms with Crippen molar-refractivity contribution in [3.63, 3.8) is 0 Å². The second kappa shape index (κ2) is 7.77. The van der Waals surface area contributed by atoms with Crippen LogP contribution in [-0.4, -0.2) is 11.3 Å². The Kier molecular flexibility index (Phi) is 4.48. The van der Waals surface area contributed by atoms with Crippen molar-refractivity contribution in [1.29, 1.82) is 0 Å². The highest BCUT2D eigenvalue weighted by atomic mass is 15.2. The van der Waals surface area contributed by atoms with Crippen LogP contribution < -0.4 is 21.3 Å². The van der Waals surface area contributed by atoms with E-state index in [0.29, 0.717) is 0 Å². The molecule has 3 aliphatic rings. The van der Waals surface area contributed by atoms with Crippen molar-refractivity contribution in [3.8, 4) is 5.69 Å². The minimum Gasteiger partial charge on any atom is -0.311 e. The zero-order valence-corrected chi connectivity index (χ0v) is 22.6. The molecule has 8 rings (SSSR count). The Morgan fingerprint density at radius 1 is 0.769 bits per heavy atom. The first kappa shape index (κ1) is 22.5. The molecule has 0 amide bonds. The third-order valence-electron chi connectivity index (χ3n) is 9.29. The Balaban J connectivity index is 1.57. The number of nitrogens with zero attached hydrogens (tertiary/aromatic N) is 2. The van der Waals surface area contributed by atoms with Gasteiger partial charge in [0.15, 0.2) is 0 Å². The van der Waals surface area contributed by atoms with E-state index in [1.54, 1.807) is 0 Å². The van der Waals surface area contributed by atoms with Gasteiger partial charge in [-0.2, -0.15) is 0 Å². The van der Waals surface area contributed by atoms with Gasteiger partial charge in [0, 0.05) is 33.6 Å². The summed E-state index contributed by atoms with van der Waals surface area (Å²) in [5, 5.41) is 1.36. The monoisotopic (exact) mass is 500 g/mol. The molecule has 0 bridgehead atoms. The lowest BCUT2D eigenvalue weighted by Gasteiger charge is -2.40. The molecule has 2 aliphatic heterocycles. The average Bonchev–Trinajstić information content (AvgIpc) is 3.41. The van der Waals surface area contributed by atoms with Crippen molar-refractivity contribution in [2.24, 2.45) is 0 Å². The molecule has 1 aromatic heterocycles. The van der Waals surface area contributed by atoms with Crippen LogP contribution >= 0.6 is 0 Å². The highest BCUT2D eigenvalue weighted by molar-refractivity contribution is 7.00. The lowest BCUT2D eigenvalue weighted by molar-refractivity contribution is 0.644. The predicted molar refractivity (Wildman–Crippen MR) is 168 cm³/mol. The van der Waals surface area contributed by atoms with Crippen LogP contribution in [0.2, 0.25) is 0 Å². The van der Waals surface area contributed by atoms with Crippen LogP contribution in [0.25, 0.3) is 22.2 Å². The third-order valence-corrected chi connectivity index (χ3v) is 9.29. The number of aromatic nitrogens is 1. The fraction of sp³-hybridized carbons (Fsp3) is 0.111. The summed E-state index contributed by atoms with van der Waals surface area (Å²) in [7, 11) is 0. The molecule has 0 saturated heterocycles. The van der Waals surface area contributed by atoms with Crippen LogP contribution in [0.5, 0.6) is 0 Å². The summed E-state index contributed by atoms with van der Waals surface area (Å²) in [5.74, 6) is 0. The van der Waals surface area contributed by atoms with Gasteiger partial charge >= 0.3 is 0 Å².